The quantitative estimate of drug-likeness (QED) is 0.332. The molecule has 34 heavy (non-hydrogen) atoms. The zero-order valence-electron chi connectivity index (χ0n) is 17.8. The Morgan fingerprint density at radius 1 is 1.21 bits per heavy atom. The molecule has 0 bridgehead atoms. The Balaban J connectivity index is 1.52. The Labute approximate surface area is 200 Å². The molecule has 12 heteroatoms. The second-order valence-electron chi connectivity index (χ2n) is 7.05. The van der Waals surface area contributed by atoms with E-state index in [4.69, 9.17) is 9.84 Å². The van der Waals surface area contributed by atoms with E-state index in [1.54, 1.807) is 23.6 Å². The highest BCUT2D eigenvalue weighted by Crippen LogP contribution is 2.37. The number of nitrogens with one attached hydrogen (secondary N) is 1. The minimum atomic E-state index is -1.42. The van der Waals surface area contributed by atoms with Crippen molar-refractivity contribution in [2.75, 3.05) is 5.32 Å². The minimum absolute atomic E-state index is 0.00889. The molecule has 0 fully saturated rings. The van der Waals surface area contributed by atoms with Crippen molar-refractivity contribution in [1.29, 1.82) is 0 Å². The first-order chi connectivity index (χ1) is 16.2. The molecule has 0 aliphatic heterocycles. The number of aromatic carboxylic acids is 1. The van der Waals surface area contributed by atoms with Crippen LogP contribution in [0, 0.1) is 12.7 Å². The number of carboxylic acid groups (broad SMARTS) is 1. The SMILES string of the molecule is CC(=O)Nc1cccc(OCc2nc(C)c(-c3csc(-c4cc(O)c(C(=O)O)cc4F)n3)s2)n1. The summed E-state index contributed by atoms with van der Waals surface area (Å²) in [5.41, 5.74) is 0.783. The predicted octanol–water partition coefficient (Wildman–Crippen LogP) is 4.72. The lowest BCUT2D eigenvalue weighted by Gasteiger charge is -2.05. The van der Waals surface area contributed by atoms with Gasteiger partial charge in [0.2, 0.25) is 11.8 Å². The maximum Gasteiger partial charge on any atom is 0.339 e. The van der Waals surface area contributed by atoms with Gasteiger partial charge in [0.25, 0.3) is 0 Å². The van der Waals surface area contributed by atoms with E-state index in [-0.39, 0.29) is 18.1 Å². The van der Waals surface area contributed by atoms with E-state index in [2.05, 4.69) is 20.3 Å². The largest absolute Gasteiger partial charge is 0.507 e. The van der Waals surface area contributed by atoms with Crippen molar-refractivity contribution in [3.8, 4) is 32.8 Å². The fourth-order valence-corrected chi connectivity index (χ4v) is 4.87. The van der Waals surface area contributed by atoms with Crippen LogP contribution in [0.25, 0.3) is 21.1 Å². The Kier molecular flexibility index (Phi) is 6.52. The number of anilines is 1. The molecule has 3 heterocycles. The van der Waals surface area contributed by atoms with Gasteiger partial charge in [-0.15, -0.1) is 22.7 Å². The summed E-state index contributed by atoms with van der Waals surface area (Å²) in [7, 11) is 0. The lowest BCUT2D eigenvalue weighted by Crippen LogP contribution is -2.08. The summed E-state index contributed by atoms with van der Waals surface area (Å²) >= 11 is 2.52. The molecule has 0 aliphatic rings. The number of halogens is 1. The number of aromatic hydroxyl groups is 1. The van der Waals surface area contributed by atoms with Crippen molar-refractivity contribution >= 4 is 40.4 Å². The molecule has 1 aromatic carbocycles. The number of carbonyl (C=O) groups excluding carboxylic acids is 1. The molecule has 0 unspecified atom stereocenters. The third-order valence-electron chi connectivity index (χ3n) is 4.50. The maximum absolute atomic E-state index is 14.5. The van der Waals surface area contributed by atoms with E-state index in [9.17, 15) is 19.1 Å². The van der Waals surface area contributed by atoms with Crippen LogP contribution in [0.2, 0.25) is 0 Å². The van der Waals surface area contributed by atoms with Crippen LogP contribution >= 0.6 is 22.7 Å². The second-order valence-corrected chi connectivity index (χ2v) is 8.99. The molecule has 3 aromatic heterocycles. The van der Waals surface area contributed by atoms with Gasteiger partial charge in [-0.25, -0.2) is 19.2 Å². The molecule has 0 radical (unpaired) electrons. The highest BCUT2D eigenvalue weighted by Gasteiger charge is 2.19. The van der Waals surface area contributed by atoms with Crippen molar-refractivity contribution < 1.29 is 28.9 Å². The number of benzene rings is 1. The molecule has 9 nitrogen and oxygen atoms in total. The molecule has 0 aliphatic carbocycles. The Bertz CT molecular complexity index is 1400. The molecule has 0 atom stereocenters. The molecule has 174 valence electrons. The van der Waals surface area contributed by atoms with Crippen molar-refractivity contribution in [3.63, 3.8) is 0 Å². The number of hydrogen-bond acceptors (Lipinski definition) is 9. The highest BCUT2D eigenvalue weighted by molar-refractivity contribution is 7.16. The highest BCUT2D eigenvalue weighted by atomic mass is 32.1. The first-order valence-corrected chi connectivity index (χ1v) is 11.5. The lowest BCUT2D eigenvalue weighted by atomic mass is 10.1. The third-order valence-corrected chi connectivity index (χ3v) is 6.52. The van der Waals surface area contributed by atoms with Gasteiger partial charge in [0.05, 0.1) is 16.3 Å². The van der Waals surface area contributed by atoms with Gasteiger partial charge in [0.1, 0.15) is 39.6 Å². The zero-order valence-corrected chi connectivity index (χ0v) is 19.5. The number of carboxylic acids is 1. The molecular weight excluding hydrogens is 483 g/mol. The van der Waals surface area contributed by atoms with Gasteiger partial charge in [0, 0.05) is 23.9 Å². The van der Waals surface area contributed by atoms with Crippen LogP contribution in [0.3, 0.4) is 0 Å². The van der Waals surface area contributed by atoms with Gasteiger partial charge in [-0.3, -0.25) is 4.79 Å². The number of aryl methyl sites for hydroxylation is 1. The van der Waals surface area contributed by atoms with Crippen molar-refractivity contribution in [1.82, 2.24) is 15.0 Å². The van der Waals surface area contributed by atoms with Gasteiger partial charge < -0.3 is 20.3 Å². The van der Waals surface area contributed by atoms with Crippen LogP contribution in [0.5, 0.6) is 11.6 Å². The van der Waals surface area contributed by atoms with E-state index >= 15 is 0 Å². The second kappa shape index (κ2) is 9.53. The number of thiazole rings is 2. The van der Waals surface area contributed by atoms with Crippen molar-refractivity contribution in [2.24, 2.45) is 0 Å². The van der Waals surface area contributed by atoms with Crippen LogP contribution in [-0.2, 0) is 11.4 Å². The van der Waals surface area contributed by atoms with Crippen LogP contribution in [-0.4, -0.2) is 37.0 Å². The fourth-order valence-electron chi connectivity index (χ4n) is 3.03. The number of ether oxygens (including phenoxy) is 1. The van der Waals surface area contributed by atoms with E-state index in [0.717, 1.165) is 28.3 Å². The van der Waals surface area contributed by atoms with Gasteiger partial charge in [0.15, 0.2) is 0 Å². The standard InChI is InChI=1S/C22H17FN4O5S2/c1-10-20(34-19(24-10)8-32-18-5-3-4-17(27-18)25-11(2)28)15-9-33-21(26-15)12-7-16(29)13(22(30)31)6-14(12)23/h3-7,9,29H,8H2,1-2H3,(H,30,31)(H,25,27,28). The summed E-state index contributed by atoms with van der Waals surface area (Å²) in [6, 6.07) is 6.86. The first-order valence-electron chi connectivity index (χ1n) is 9.77. The maximum atomic E-state index is 14.5. The Morgan fingerprint density at radius 3 is 2.74 bits per heavy atom. The fraction of sp³-hybridized carbons (Fsp3) is 0.136. The Hall–Kier alpha value is -3.90. The number of rotatable bonds is 7. The van der Waals surface area contributed by atoms with Crippen molar-refractivity contribution in [2.45, 2.75) is 20.5 Å². The van der Waals surface area contributed by atoms with E-state index < -0.39 is 23.1 Å². The molecule has 0 saturated carbocycles. The molecule has 1 amide bonds. The summed E-state index contributed by atoms with van der Waals surface area (Å²) < 4.78 is 20.2. The van der Waals surface area contributed by atoms with E-state index in [1.165, 1.54) is 18.3 Å². The minimum Gasteiger partial charge on any atom is -0.507 e. The molecule has 4 aromatic rings. The van der Waals surface area contributed by atoms with E-state index in [1.807, 2.05) is 6.92 Å². The van der Waals surface area contributed by atoms with Gasteiger partial charge in [-0.1, -0.05) is 6.07 Å². The average Bonchev–Trinajstić information content (AvgIpc) is 3.39. The topological polar surface area (TPSA) is 135 Å². The number of pyridine rings is 1. The number of phenols is 1. The number of aromatic nitrogens is 3. The summed E-state index contributed by atoms with van der Waals surface area (Å²) in [6.45, 7) is 3.36. The molecular formula is C22H17FN4O5S2. The molecule has 0 spiro atoms. The first kappa shape index (κ1) is 23.3. The number of amides is 1. The average molecular weight is 501 g/mol. The van der Waals surface area contributed by atoms with Crippen LogP contribution in [0.4, 0.5) is 10.2 Å². The Morgan fingerprint density at radius 2 is 2.00 bits per heavy atom. The zero-order chi connectivity index (χ0) is 24.4. The predicted molar refractivity (Wildman–Crippen MR) is 125 cm³/mol. The van der Waals surface area contributed by atoms with Crippen LogP contribution in [0.15, 0.2) is 35.7 Å². The van der Waals surface area contributed by atoms with Gasteiger partial charge in [-0.2, -0.15) is 4.98 Å². The number of nitrogens with zero attached hydrogens (tertiary/aromatic N) is 3. The van der Waals surface area contributed by atoms with Gasteiger partial charge in [-0.05, 0) is 25.1 Å². The van der Waals surface area contributed by atoms with Crippen LogP contribution < -0.4 is 10.1 Å². The molecule has 0 saturated heterocycles. The molecule has 4 rings (SSSR count). The molecule has 3 N–H and O–H groups in total. The summed E-state index contributed by atoms with van der Waals surface area (Å²) in [5, 5.41) is 24.2. The van der Waals surface area contributed by atoms with Crippen LogP contribution in [0.1, 0.15) is 28.0 Å². The monoisotopic (exact) mass is 500 g/mol. The third kappa shape index (κ3) is 5.02. The summed E-state index contributed by atoms with van der Waals surface area (Å²) in [6.07, 6.45) is 0. The van der Waals surface area contributed by atoms with E-state index in [0.29, 0.717) is 33.1 Å². The summed E-state index contributed by atoms with van der Waals surface area (Å²) in [4.78, 5) is 36.2. The number of hydrogen-bond donors (Lipinski definition) is 3. The normalized spacial score (nSPS) is 10.8. The lowest BCUT2D eigenvalue weighted by molar-refractivity contribution is -0.114. The van der Waals surface area contributed by atoms with Crippen molar-refractivity contribution in [3.05, 3.63) is 57.8 Å². The van der Waals surface area contributed by atoms with Gasteiger partial charge >= 0.3 is 5.97 Å². The smallest absolute Gasteiger partial charge is 0.339 e. The summed E-state index contributed by atoms with van der Waals surface area (Å²) in [5.74, 6) is -2.27. The number of carbonyl (C=O) groups is 2.